The Morgan fingerprint density at radius 3 is 2.21 bits per heavy atom. The van der Waals surface area contributed by atoms with Gasteiger partial charge < -0.3 is 15.5 Å². The third kappa shape index (κ3) is 7.47. The lowest BCUT2D eigenvalue weighted by atomic mass is 10.0. The second kappa shape index (κ2) is 9.26. The average Bonchev–Trinajstić information content (AvgIpc) is 2.29. The maximum absolute atomic E-state index is 12.6. The van der Waals surface area contributed by atoms with Gasteiger partial charge in [0.15, 0.2) is 0 Å². The molecule has 0 spiro atoms. The first kappa shape index (κ1) is 18.3. The van der Waals surface area contributed by atoms with Gasteiger partial charge >= 0.3 is 0 Å². The summed E-state index contributed by atoms with van der Waals surface area (Å²) in [6.07, 6.45) is 1.65. The summed E-state index contributed by atoms with van der Waals surface area (Å²) >= 11 is 5.05. The Labute approximate surface area is 123 Å². The van der Waals surface area contributed by atoms with E-state index in [2.05, 4.69) is 18.7 Å². The summed E-state index contributed by atoms with van der Waals surface area (Å²) in [5.74, 6) is 0.227. The van der Waals surface area contributed by atoms with Crippen molar-refractivity contribution in [2.75, 3.05) is 33.7 Å². The molecular weight excluding hydrogens is 258 g/mol. The van der Waals surface area contributed by atoms with E-state index >= 15 is 0 Å². The molecule has 1 atom stereocenters. The number of rotatable bonds is 9. The molecule has 0 radical (unpaired) electrons. The summed E-state index contributed by atoms with van der Waals surface area (Å²) in [4.78, 5) is 16.9. The quantitative estimate of drug-likeness (QED) is 0.656. The van der Waals surface area contributed by atoms with Crippen molar-refractivity contribution in [3.05, 3.63) is 0 Å². The second-order valence-corrected chi connectivity index (χ2v) is 6.20. The highest BCUT2D eigenvalue weighted by molar-refractivity contribution is 7.80. The third-order valence-electron chi connectivity index (χ3n) is 2.93. The van der Waals surface area contributed by atoms with Crippen LogP contribution in [0.1, 0.15) is 33.6 Å². The van der Waals surface area contributed by atoms with Crippen molar-refractivity contribution in [1.29, 1.82) is 0 Å². The molecule has 0 bridgehead atoms. The number of nitrogens with zero attached hydrogens (tertiary/aromatic N) is 2. The van der Waals surface area contributed by atoms with Gasteiger partial charge in [0.2, 0.25) is 5.91 Å². The Bertz CT molecular complexity index is 292. The van der Waals surface area contributed by atoms with Crippen LogP contribution in [0.5, 0.6) is 0 Å². The van der Waals surface area contributed by atoms with Crippen LogP contribution in [0.4, 0.5) is 0 Å². The first-order valence-electron chi connectivity index (χ1n) is 7.02. The van der Waals surface area contributed by atoms with E-state index in [-0.39, 0.29) is 11.8 Å². The Kier molecular flexibility index (Phi) is 8.93. The number of nitrogens with two attached hydrogens (primary N) is 1. The van der Waals surface area contributed by atoms with E-state index in [1.165, 1.54) is 0 Å². The van der Waals surface area contributed by atoms with Crippen LogP contribution in [0.2, 0.25) is 0 Å². The lowest BCUT2D eigenvalue weighted by molar-refractivity contribution is -0.134. The van der Waals surface area contributed by atoms with Gasteiger partial charge in [-0.05, 0) is 26.4 Å². The highest BCUT2D eigenvalue weighted by atomic mass is 32.1. The molecule has 0 aliphatic rings. The SMILES string of the molecule is CCCC(C(=O)N(CCN(C)C)CC(C)C)C(N)=S. The molecule has 0 aliphatic heterocycles. The number of amides is 1. The standard InChI is InChI=1S/C14H29N3OS/c1-6-7-12(13(15)19)14(18)17(10-11(2)3)9-8-16(4)5/h11-12H,6-10H2,1-5H3,(H2,15,19). The largest absolute Gasteiger partial charge is 0.393 e. The van der Waals surface area contributed by atoms with Crippen LogP contribution < -0.4 is 5.73 Å². The normalized spacial score (nSPS) is 12.8. The summed E-state index contributed by atoms with van der Waals surface area (Å²) in [6, 6.07) is 0. The van der Waals surface area contributed by atoms with Crippen LogP contribution in [0.3, 0.4) is 0 Å². The molecule has 0 saturated carbocycles. The molecule has 0 saturated heterocycles. The van der Waals surface area contributed by atoms with Crippen molar-refractivity contribution in [3.8, 4) is 0 Å². The summed E-state index contributed by atoms with van der Waals surface area (Å²) in [6.45, 7) is 8.62. The Morgan fingerprint density at radius 2 is 1.84 bits per heavy atom. The van der Waals surface area contributed by atoms with Gasteiger partial charge in [-0.15, -0.1) is 0 Å². The minimum atomic E-state index is -0.305. The van der Waals surface area contributed by atoms with E-state index in [4.69, 9.17) is 18.0 Å². The second-order valence-electron chi connectivity index (χ2n) is 5.73. The first-order valence-corrected chi connectivity index (χ1v) is 7.43. The lowest BCUT2D eigenvalue weighted by Gasteiger charge is -2.29. The minimum absolute atomic E-state index is 0.0879. The average molecular weight is 287 g/mol. The third-order valence-corrected chi connectivity index (χ3v) is 3.22. The van der Waals surface area contributed by atoms with Crippen LogP contribution in [-0.2, 0) is 4.79 Å². The van der Waals surface area contributed by atoms with Crippen molar-refractivity contribution in [1.82, 2.24) is 9.80 Å². The predicted octanol–water partition coefficient (Wildman–Crippen LogP) is 1.74. The molecule has 0 fully saturated rings. The molecule has 4 nitrogen and oxygen atoms in total. The van der Waals surface area contributed by atoms with Crippen LogP contribution in [0, 0.1) is 11.8 Å². The van der Waals surface area contributed by atoms with Gasteiger partial charge in [0, 0.05) is 19.6 Å². The van der Waals surface area contributed by atoms with Gasteiger partial charge in [-0.3, -0.25) is 4.79 Å². The van der Waals surface area contributed by atoms with Crippen molar-refractivity contribution in [3.63, 3.8) is 0 Å². The van der Waals surface area contributed by atoms with Gasteiger partial charge in [-0.1, -0.05) is 39.4 Å². The molecule has 112 valence electrons. The fourth-order valence-electron chi connectivity index (χ4n) is 1.95. The molecule has 19 heavy (non-hydrogen) atoms. The van der Waals surface area contributed by atoms with E-state index in [1.54, 1.807) is 0 Å². The zero-order valence-corrected chi connectivity index (χ0v) is 13.8. The smallest absolute Gasteiger partial charge is 0.232 e. The van der Waals surface area contributed by atoms with E-state index in [1.807, 2.05) is 25.9 Å². The molecule has 0 aromatic carbocycles. The Morgan fingerprint density at radius 1 is 1.26 bits per heavy atom. The van der Waals surface area contributed by atoms with E-state index < -0.39 is 0 Å². The van der Waals surface area contributed by atoms with Crippen molar-refractivity contribution in [2.24, 2.45) is 17.6 Å². The molecule has 5 heteroatoms. The summed E-state index contributed by atoms with van der Waals surface area (Å²) < 4.78 is 0. The minimum Gasteiger partial charge on any atom is -0.393 e. The fraction of sp³-hybridized carbons (Fsp3) is 0.857. The summed E-state index contributed by atoms with van der Waals surface area (Å²) in [7, 11) is 4.02. The highest BCUT2D eigenvalue weighted by Crippen LogP contribution is 2.13. The zero-order chi connectivity index (χ0) is 15.0. The van der Waals surface area contributed by atoms with Crippen molar-refractivity contribution >= 4 is 23.1 Å². The number of thiocarbonyl (C=S) groups is 1. The summed E-state index contributed by atoms with van der Waals surface area (Å²) in [5, 5.41) is 0. The molecule has 0 aromatic rings. The molecule has 0 heterocycles. The van der Waals surface area contributed by atoms with Crippen LogP contribution in [-0.4, -0.2) is 54.4 Å². The van der Waals surface area contributed by atoms with Crippen LogP contribution >= 0.6 is 12.2 Å². The topological polar surface area (TPSA) is 49.6 Å². The molecule has 1 amide bonds. The van der Waals surface area contributed by atoms with Gasteiger partial charge in [-0.25, -0.2) is 0 Å². The van der Waals surface area contributed by atoms with Crippen LogP contribution in [0.25, 0.3) is 0 Å². The van der Waals surface area contributed by atoms with E-state index in [0.717, 1.165) is 32.5 Å². The summed E-state index contributed by atoms with van der Waals surface area (Å²) in [5.41, 5.74) is 5.72. The number of carbonyl (C=O) groups excluding carboxylic acids is 1. The lowest BCUT2D eigenvalue weighted by Crippen LogP contribution is -2.45. The monoisotopic (exact) mass is 287 g/mol. The maximum Gasteiger partial charge on any atom is 0.232 e. The van der Waals surface area contributed by atoms with E-state index in [0.29, 0.717) is 10.9 Å². The molecule has 0 rings (SSSR count). The van der Waals surface area contributed by atoms with Gasteiger partial charge in [0.05, 0.1) is 10.9 Å². The molecule has 2 N–H and O–H groups in total. The number of hydrogen-bond donors (Lipinski definition) is 1. The molecule has 1 unspecified atom stereocenters. The van der Waals surface area contributed by atoms with Crippen molar-refractivity contribution < 1.29 is 4.79 Å². The predicted molar refractivity (Wildman–Crippen MR) is 85.2 cm³/mol. The Hall–Kier alpha value is -0.680. The number of hydrogen-bond acceptors (Lipinski definition) is 3. The van der Waals surface area contributed by atoms with Crippen LogP contribution in [0.15, 0.2) is 0 Å². The molecular formula is C14H29N3OS. The number of likely N-dealkylation sites (N-methyl/N-ethyl adjacent to an activating group) is 1. The molecule has 0 aromatic heterocycles. The number of carbonyl (C=O) groups is 1. The zero-order valence-electron chi connectivity index (χ0n) is 13.0. The Balaban J connectivity index is 4.79. The van der Waals surface area contributed by atoms with Crippen molar-refractivity contribution in [2.45, 2.75) is 33.6 Å². The fourth-order valence-corrected chi connectivity index (χ4v) is 2.17. The maximum atomic E-state index is 12.6. The van der Waals surface area contributed by atoms with Gasteiger partial charge in [0.25, 0.3) is 0 Å². The van der Waals surface area contributed by atoms with E-state index in [9.17, 15) is 4.79 Å². The van der Waals surface area contributed by atoms with Gasteiger partial charge in [-0.2, -0.15) is 0 Å². The first-order chi connectivity index (χ1) is 8.79. The highest BCUT2D eigenvalue weighted by Gasteiger charge is 2.26. The molecule has 0 aliphatic carbocycles. The van der Waals surface area contributed by atoms with Gasteiger partial charge in [0.1, 0.15) is 0 Å².